The third-order valence-corrected chi connectivity index (χ3v) is 6.25. The minimum Gasteiger partial charge on any atom is -0.489 e. The highest BCUT2D eigenvalue weighted by atomic mass is 35.5. The molecule has 1 heterocycles. The van der Waals surface area contributed by atoms with Gasteiger partial charge < -0.3 is 4.74 Å². The first-order chi connectivity index (χ1) is 17.4. The molecule has 0 unspecified atom stereocenters. The molecule has 178 valence electrons. The van der Waals surface area contributed by atoms with Crippen LogP contribution in [0.25, 0.3) is 16.8 Å². The number of urea groups is 1. The molecule has 1 saturated heterocycles. The highest BCUT2D eigenvalue weighted by molar-refractivity contribution is 6.39. The van der Waals surface area contributed by atoms with Gasteiger partial charge in [-0.3, -0.25) is 14.9 Å². The SMILES string of the molecule is Cc1ccc2ccccc2c1COc1ccc(/C=C2\C(=O)NC(=O)N(c3cccc(Cl)c3)C2=O)cc1. The maximum absolute atomic E-state index is 13.0. The molecule has 6 nitrogen and oxygen atoms in total. The van der Waals surface area contributed by atoms with E-state index in [0.717, 1.165) is 26.8 Å². The summed E-state index contributed by atoms with van der Waals surface area (Å²) in [6.45, 7) is 2.47. The predicted molar refractivity (Wildman–Crippen MR) is 140 cm³/mol. The first-order valence-corrected chi connectivity index (χ1v) is 11.7. The van der Waals surface area contributed by atoms with E-state index in [9.17, 15) is 14.4 Å². The van der Waals surface area contributed by atoms with Crippen molar-refractivity contribution in [1.29, 1.82) is 0 Å². The van der Waals surface area contributed by atoms with E-state index in [0.29, 0.717) is 22.9 Å². The summed E-state index contributed by atoms with van der Waals surface area (Å²) in [7, 11) is 0. The number of nitrogens with one attached hydrogen (secondary N) is 1. The maximum Gasteiger partial charge on any atom is 0.335 e. The lowest BCUT2D eigenvalue weighted by Gasteiger charge is -2.26. The molecule has 7 heteroatoms. The third kappa shape index (κ3) is 4.59. The number of benzene rings is 4. The van der Waals surface area contributed by atoms with Gasteiger partial charge in [-0.2, -0.15) is 0 Å². The zero-order chi connectivity index (χ0) is 25.2. The van der Waals surface area contributed by atoms with Crippen molar-refractivity contribution < 1.29 is 19.1 Å². The Kier molecular flexibility index (Phi) is 6.27. The topological polar surface area (TPSA) is 75.7 Å². The molecular weight excluding hydrogens is 476 g/mol. The first kappa shape index (κ1) is 23.3. The van der Waals surface area contributed by atoms with Gasteiger partial charge >= 0.3 is 6.03 Å². The van der Waals surface area contributed by atoms with Gasteiger partial charge in [0.05, 0.1) is 5.69 Å². The van der Waals surface area contributed by atoms with Crippen LogP contribution in [0, 0.1) is 6.92 Å². The van der Waals surface area contributed by atoms with Gasteiger partial charge in [0, 0.05) is 10.6 Å². The fourth-order valence-electron chi connectivity index (χ4n) is 4.13. The Balaban J connectivity index is 1.35. The number of imide groups is 2. The minimum absolute atomic E-state index is 0.158. The van der Waals surface area contributed by atoms with Gasteiger partial charge in [-0.05, 0) is 65.2 Å². The number of amides is 4. The Morgan fingerprint density at radius 2 is 1.69 bits per heavy atom. The van der Waals surface area contributed by atoms with Gasteiger partial charge in [-0.25, -0.2) is 9.69 Å². The van der Waals surface area contributed by atoms with E-state index < -0.39 is 17.8 Å². The van der Waals surface area contributed by atoms with Crippen LogP contribution in [0.4, 0.5) is 10.5 Å². The molecule has 0 atom stereocenters. The van der Waals surface area contributed by atoms with Crippen molar-refractivity contribution in [3.63, 3.8) is 0 Å². The van der Waals surface area contributed by atoms with Crippen LogP contribution >= 0.6 is 11.6 Å². The standard InChI is InChI=1S/C29H21ClN2O4/c1-18-9-12-20-5-2-3-8-24(20)26(18)17-36-23-13-10-19(11-14-23)15-25-27(33)31-29(35)32(28(25)34)22-7-4-6-21(30)16-22/h2-16H,17H2,1H3,(H,31,33,35)/b25-15+. The van der Waals surface area contributed by atoms with E-state index in [2.05, 4.69) is 36.5 Å². The van der Waals surface area contributed by atoms with Crippen molar-refractivity contribution in [2.24, 2.45) is 0 Å². The second-order valence-corrected chi connectivity index (χ2v) is 8.81. The van der Waals surface area contributed by atoms with Crippen molar-refractivity contribution in [2.45, 2.75) is 13.5 Å². The second kappa shape index (κ2) is 9.68. The molecule has 0 saturated carbocycles. The number of fused-ring (bicyclic) bond motifs is 1. The van der Waals surface area contributed by atoms with Gasteiger partial charge in [0.25, 0.3) is 11.8 Å². The molecular formula is C29H21ClN2O4. The molecule has 0 bridgehead atoms. The summed E-state index contributed by atoms with van der Waals surface area (Å²) in [4.78, 5) is 38.7. The molecule has 0 radical (unpaired) electrons. The van der Waals surface area contributed by atoms with Gasteiger partial charge in [-0.1, -0.05) is 66.2 Å². The Hall–Kier alpha value is -4.42. The molecule has 0 aliphatic carbocycles. The monoisotopic (exact) mass is 496 g/mol. The largest absolute Gasteiger partial charge is 0.489 e. The average molecular weight is 497 g/mol. The van der Waals surface area contributed by atoms with Gasteiger partial charge in [0.1, 0.15) is 17.9 Å². The van der Waals surface area contributed by atoms with Gasteiger partial charge in [0.2, 0.25) is 0 Å². The number of anilines is 1. The maximum atomic E-state index is 13.0. The van der Waals surface area contributed by atoms with Gasteiger partial charge in [0.15, 0.2) is 0 Å². The summed E-state index contributed by atoms with van der Waals surface area (Å²) in [6.07, 6.45) is 1.44. The predicted octanol–water partition coefficient (Wildman–Crippen LogP) is 6.05. The Bertz CT molecular complexity index is 1540. The fraction of sp³-hybridized carbons (Fsp3) is 0.0690. The number of carbonyl (C=O) groups excluding carboxylic acids is 3. The fourth-order valence-corrected chi connectivity index (χ4v) is 4.31. The number of halogens is 1. The van der Waals surface area contributed by atoms with Crippen LogP contribution in [0.1, 0.15) is 16.7 Å². The quantitative estimate of drug-likeness (QED) is 0.270. The molecule has 1 N–H and O–H groups in total. The molecule has 4 aromatic rings. The Morgan fingerprint density at radius 1 is 0.917 bits per heavy atom. The van der Waals surface area contributed by atoms with E-state index in [-0.39, 0.29) is 11.3 Å². The van der Waals surface area contributed by atoms with Crippen molar-refractivity contribution in [3.8, 4) is 5.75 Å². The number of barbiturate groups is 1. The summed E-state index contributed by atoms with van der Waals surface area (Å²) in [5.41, 5.74) is 3.00. The van der Waals surface area contributed by atoms with Crippen molar-refractivity contribution >= 4 is 52.0 Å². The summed E-state index contributed by atoms with van der Waals surface area (Å²) in [5, 5.41) is 4.88. The van der Waals surface area contributed by atoms with Crippen LogP contribution in [0.15, 0.2) is 90.5 Å². The van der Waals surface area contributed by atoms with Crippen LogP contribution in [0.2, 0.25) is 5.02 Å². The zero-order valence-electron chi connectivity index (χ0n) is 19.3. The highest BCUT2D eigenvalue weighted by Crippen LogP contribution is 2.26. The average Bonchev–Trinajstić information content (AvgIpc) is 2.87. The number of hydrogen-bond donors (Lipinski definition) is 1. The molecule has 1 aliphatic rings. The lowest BCUT2D eigenvalue weighted by Crippen LogP contribution is -2.54. The number of hydrogen-bond acceptors (Lipinski definition) is 4. The normalized spacial score (nSPS) is 14.9. The van der Waals surface area contributed by atoms with Crippen LogP contribution in [-0.2, 0) is 16.2 Å². The molecule has 5 rings (SSSR count). The molecule has 36 heavy (non-hydrogen) atoms. The molecule has 4 amide bonds. The van der Waals surface area contributed by atoms with Crippen LogP contribution < -0.4 is 15.0 Å². The van der Waals surface area contributed by atoms with E-state index in [1.807, 2.05) is 12.1 Å². The van der Waals surface area contributed by atoms with E-state index in [1.54, 1.807) is 42.5 Å². The number of rotatable bonds is 5. The number of aryl methyl sites for hydroxylation is 1. The lowest BCUT2D eigenvalue weighted by molar-refractivity contribution is -0.122. The number of carbonyl (C=O) groups is 3. The van der Waals surface area contributed by atoms with E-state index >= 15 is 0 Å². The smallest absolute Gasteiger partial charge is 0.335 e. The van der Waals surface area contributed by atoms with E-state index in [4.69, 9.17) is 16.3 Å². The lowest BCUT2D eigenvalue weighted by atomic mass is 10.0. The molecule has 0 spiro atoms. The zero-order valence-corrected chi connectivity index (χ0v) is 20.1. The summed E-state index contributed by atoms with van der Waals surface area (Å²) in [6, 6.07) is 24.9. The summed E-state index contributed by atoms with van der Waals surface area (Å²) < 4.78 is 6.04. The van der Waals surface area contributed by atoms with Crippen LogP contribution in [-0.4, -0.2) is 17.8 Å². The first-order valence-electron chi connectivity index (χ1n) is 11.3. The van der Waals surface area contributed by atoms with Crippen LogP contribution in [0.3, 0.4) is 0 Å². The van der Waals surface area contributed by atoms with Gasteiger partial charge in [-0.15, -0.1) is 0 Å². The molecule has 1 fully saturated rings. The number of nitrogens with zero attached hydrogens (tertiary/aromatic N) is 1. The van der Waals surface area contributed by atoms with Crippen molar-refractivity contribution in [2.75, 3.05) is 4.90 Å². The highest BCUT2D eigenvalue weighted by Gasteiger charge is 2.36. The second-order valence-electron chi connectivity index (χ2n) is 8.38. The van der Waals surface area contributed by atoms with Crippen molar-refractivity contribution in [1.82, 2.24) is 5.32 Å². The summed E-state index contributed by atoms with van der Waals surface area (Å²) >= 11 is 6.01. The third-order valence-electron chi connectivity index (χ3n) is 6.02. The van der Waals surface area contributed by atoms with Crippen molar-refractivity contribution in [3.05, 3.63) is 112 Å². The molecule has 0 aromatic heterocycles. The molecule has 4 aromatic carbocycles. The minimum atomic E-state index is -0.822. The summed E-state index contributed by atoms with van der Waals surface area (Å²) in [5.74, 6) is -0.826. The van der Waals surface area contributed by atoms with Crippen LogP contribution in [0.5, 0.6) is 5.75 Å². The van der Waals surface area contributed by atoms with E-state index in [1.165, 1.54) is 12.1 Å². The Morgan fingerprint density at radius 3 is 2.47 bits per heavy atom. The number of ether oxygens (including phenoxy) is 1. The Labute approximate surface area is 212 Å². The molecule has 1 aliphatic heterocycles.